The van der Waals surface area contributed by atoms with Crippen molar-refractivity contribution in [2.45, 2.75) is 52.2 Å². The van der Waals surface area contributed by atoms with Gasteiger partial charge in [-0.25, -0.2) is 9.59 Å². The second-order valence-electron chi connectivity index (χ2n) is 7.73. The third-order valence-electron chi connectivity index (χ3n) is 4.61. The molecule has 186 valence electrons. The molecule has 0 aromatic carbocycles. The number of hydrogen-bond acceptors (Lipinski definition) is 7. The number of hydrogen-bond donors (Lipinski definition) is 4. The lowest BCUT2D eigenvalue weighted by atomic mass is 10.0. The van der Waals surface area contributed by atoms with E-state index in [1.165, 1.54) is 38.4 Å². The first-order valence-electron chi connectivity index (χ1n) is 10.5. The maximum atomic E-state index is 12.7. The van der Waals surface area contributed by atoms with Crippen LogP contribution in [-0.4, -0.2) is 58.5 Å². The average molecular weight is 479 g/mol. The van der Waals surface area contributed by atoms with Gasteiger partial charge in [0.25, 0.3) is 5.56 Å². The highest BCUT2D eigenvalue weighted by atomic mass is 16.5. The molecule has 1 unspecified atom stereocenters. The fourth-order valence-corrected chi connectivity index (χ4v) is 2.94. The van der Waals surface area contributed by atoms with Crippen molar-refractivity contribution >= 4 is 35.3 Å². The van der Waals surface area contributed by atoms with Gasteiger partial charge in [-0.05, 0) is 30.9 Å². The summed E-state index contributed by atoms with van der Waals surface area (Å²) in [6, 6.07) is 0.895. The molecule has 1 rings (SSSR count). The summed E-state index contributed by atoms with van der Waals surface area (Å²) in [5.74, 6) is -3.75. The van der Waals surface area contributed by atoms with Crippen molar-refractivity contribution < 1.29 is 33.8 Å². The number of ether oxygens (including phenoxy) is 1. The second kappa shape index (κ2) is 13.6. The van der Waals surface area contributed by atoms with Gasteiger partial charge in [0.2, 0.25) is 17.7 Å². The molecule has 0 aliphatic heterocycles. The quantitative estimate of drug-likeness (QED) is 0.240. The van der Waals surface area contributed by atoms with Gasteiger partial charge in [-0.15, -0.1) is 0 Å². The van der Waals surface area contributed by atoms with Crippen LogP contribution in [0.15, 0.2) is 35.3 Å². The molecule has 34 heavy (non-hydrogen) atoms. The van der Waals surface area contributed by atoms with Crippen molar-refractivity contribution in [3.8, 4) is 0 Å². The van der Waals surface area contributed by atoms with Crippen LogP contribution in [0.25, 0.3) is 0 Å². The number of methoxy groups -OCH3 is 1. The third kappa shape index (κ3) is 9.27. The number of aromatic nitrogens is 1. The molecule has 0 aliphatic carbocycles. The maximum Gasteiger partial charge on any atom is 0.328 e. The second-order valence-corrected chi connectivity index (χ2v) is 7.73. The van der Waals surface area contributed by atoms with Gasteiger partial charge in [0, 0.05) is 19.2 Å². The van der Waals surface area contributed by atoms with Gasteiger partial charge in [-0.2, -0.15) is 0 Å². The molecule has 1 heterocycles. The lowest BCUT2D eigenvalue weighted by molar-refractivity contribution is -0.146. The molecule has 2 atom stereocenters. The number of amides is 3. The highest BCUT2D eigenvalue weighted by Crippen LogP contribution is 2.06. The van der Waals surface area contributed by atoms with Gasteiger partial charge in [0.1, 0.15) is 24.3 Å². The minimum atomic E-state index is -1.14. The van der Waals surface area contributed by atoms with Crippen LogP contribution < -0.4 is 21.5 Å². The first-order chi connectivity index (χ1) is 16.0. The van der Waals surface area contributed by atoms with Gasteiger partial charge in [-0.3, -0.25) is 19.2 Å². The molecule has 0 radical (unpaired) electrons. The number of carboxylic acid groups (broad SMARTS) is 1. The number of carboxylic acids is 1. The minimum absolute atomic E-state index is 0.0999. The number of carbonyl (C=O) groups is 5. The number of pyridine rings is 1. The largest absolute Gasteiger partial charge is 0.478 e. The SMILES string of the molecule is COC(=O)[C@@H](NC(=O)Cn1cccc(NC(=O)C(CC/C=C/C(=O)O)NC(C)=O)c1=O)C(C)C. The van der Waals surface area contributed by atoms with Crippen molar-refractivity contribution in [1.29, 1.82) is 0 Å². The Morgan fingerprint density at radius 2 is 1.85 bits per heavy atom. The Bertz CT molecular complexity index is 999. The predicted molar refractivity (Wildman–Crippen MR) is 122 cm³/mol. The molecule has 0 fully saturated rings. The van der Waals surface area contributed by atoms with E-state index in [-0.39, 0.29) is 24.4 Å². The van der Waals surface area contributed by atoms with E-state index in [0.29, 0.717) is 0 Å². The number of allylic oxidation sites excluding steroid dienone is 1. The van der Waals surface area contributed by atoms with E-state index < -0.39 is 53.8 Å². The number of anilines is 1. The monoisotopic (exact) mass is 478 g/mol. The highest BCUT2D eigenvalue weighted by molar-refractivity contribution is 5.96. The van der Waals surface area contributed by atoms with Gasteiger partial charge in [-0.1, -0.05) is 19.9 Å². The smallest absolute Gasteiger partial charge is 0.328 e. The maximum absolute atomic E-state index is 12.7. The van der Waals surface area contributed by atoms with E-state index in [0.717, 1.165) is 10.6 Å². The molecule has 0 saturated carbocycles. The highest BCUT2D eigenvalue weighted by Gasteiger charge is 2.25. The summed E-state index contributed by atoms with van der Waals surface area (Å²) in [6.07, 6.45) is 3.91. The molecule has 3 amide bonds. The van der Waals surface area contributed by atoms with E-state index in [1.54, 1.807) is 13.8 Å². The first kappa shape index (κ1) is 28.1. The van der Waals surface area contributed by atoms with Gasteiger partial charge in [0.15, 0.2) is 0 Å². The third-order valence-corrected chi connectivity index (χ3v) is 4.61. The Hall–Kier alpha value is -3.96. The summed E-state index contributed by atoms with van der Waals surface area (Å²) >= 11 is 0. The van der Waals surface area contributed by atoms with Crippen LogP contribution in [-0.2, 0) is 35.3 Å². The summed E-state index contributed by atoms with van der Waals surface area (Å²) in [4.78, 5) is 71.6. The number of esters is 1. The Kier molecular flexibility index (Phi) is 11.2. The molecule has 0 spiro atoms. The molecular weight excluding hydrogens is 448 g/mol. The van der Waals surface area contributed by atoms with Crippen molar-refractivity contribution in [2.24, 2.45) is 5.92 Å². The Labute approximate surface area is 196 Å². The summed E-state index contributed by atoms with van der Waals surface area (Å²) in [5.41, 5.74) is -0.789. The van der Waals surface area contributed by atoms with Crippen LogP contribution in [0.2, 0.25) is 0 Å². The van der Waals surface area contributed by atoms with Gasteiger partial charge in [0.05, 0.1) is 7.11 Å². The van der Waals surface area contributed by atoms with Gasteiger partial charge < -0.3 is 30.4 Å². The molecular formula is C22H30N4O8. The fraction of sp³-hybridized carbons (Fsp3) is 0.455. The zero-order valence-electron chi connectivity index (χ0n) is 19.5. The number of rotatable bonds is 12. The van der Waals surface area contributed by atoms with E-state index in [2.05, 4.69) is 20.7 Å². The van der Waals surface area contributed by atoms with Crippen LogP contribution in [0.4, 0.5) is 5.69 Å². The lowest BCUT2D eigenvalue weighted by Gasteiger charge is -2.20. The van der Waals surface area contributed by atoms with E-state index in [4.69, 9.17) is 5.11 Å². The normalized spacial score (nSPS) is 12.6. The van der Waals surface area contributed by atoms with Crippen molar-refractivity contribution in [2.75, 3.05) is 12.4 Å². The van der Waals surface area contributed by atoms with E-state index in [9.17, 15) is 28.8 Å². The number of nitrogens with zero attached hydrogens (tertiary/aromatic N) is 1. The van der Waals surface area contributed by atoms with Crippen molar-refractivity contribution in [3.63, 3.8) is 0 Å². The summed E-state index contributed by atoms with van der Waals surface area (Å²) in [5, 5.41) is 16.0. The molecule has 12 nitrogen and oxygen atoms in total. The van der Waals surface area contributed by atoms with Crippen molar-refractivity contribution in [1.82, 2.24) is 15.2 Å². The Morgan fingerprint density at radius 1 is 1.18 bits per heavy atom. The molecule has 1 aromatic rings. The lowest BCUT2D eigenvalue weighted by Crippen LogP contribution is -2.47. The van der Waals surface area contributed by atoms with Crippen LogP contribution in [0.3, 0.4) is 0 Å². The summed E-state index contributed by atoms with van der Waals surface area (Å²) in [7, 11) is 1.21. The Balaban J connectivity index is 2.94. The zero-order valence-corrected chi connectivity index (χ0v) is 19.5. The average Bonchev–Trinajstić information content (AvgIpc) is 2.75. The fourth-order valence-electron chi connectivity index (χ4n) is 2.94. The number of carbonyl (C=O) groups excluding carboxylic acids is 4. The number of aliphatic carboxylic acids is 1. The molecule has 0 aliphatic rings. The number of nitrogens with one attached hydrogen (secondary N) is 3. The molecule has 1 aromatic heterocycles. The summed E-state index contributed by atoms with van der Waals surface area (Å²) in [6.45, 7) is 4.28. The molecule has 0 saturated heterocycles. The Morgan fingerprint density at radius 3 is 2.41 bits per heavy atom. The molecule has 4 N–H and O–H groups in total. The van der Waals surface area contributed by atoms with Crippen LogP contribution >= 0.6 is 0 Å². The standard InChI is InChI=1S/C22H30N4O8/c1-13(2)19(22(33)34-4)25-17(28)12-26-11-7-9-16(21(26)32)24-20(31)15(23-14(3)27)8-5-6-10-18(29)30/h6-7,9-11,13,15,19H,5,8,12H2,1-4H3,(H,23,27)(H,24,31)(H,25,28)(H,29,30)/b10-6+/t15?,19-/m0/s1. The first-order valence-corrected chi connectivity index (χ1v) is 10.5. The summed E-state index contributed by atoms with van der Waals surface area (Å²) < 4.78 is 5.73. The zero-order chi connectivity index (χ0) is 25.8. The van der Waals surface area contributed by atoms with Crippen LogP contribution in [0.5, 0.6) is 0 Å². The molecule has 12 heteroatoms. The topological polar surface area (TPSA) is 173 Å². The van der Waals surface area contributed by atoms with Crippen LogP contribution in [0.1, 0.15) is 33.6 Å². The van der Waals surface area contributed by atoms with Crippen LogP contribution in [0, 0.1) is 5.92 Å². The van der Waals surface area contributed by atoms with E-state index >= 15 is 0 Å². The van der Waals surface area contributed by atoms with Crippen molar-refractivity contribution in [3.05, 3.63) is 40.8 Å². The predicted octanol–water partition coefficient (Wildman–Crippen LogP) is 0.0263. The van der Waals surface area contributed by atoms with Gasteiger partial charge >= 0.3 is 11.9 Å². The van der Waals surface area contributed by atoms with E-state index in [1.807, 2.05) is 0 Å². The minimum Gasteiger partial charge on any atom is -0.478 e. The molecule has 0 bridgehead atoms.